The van der Waals surface area contributed by atoms with Gasteiger partial charge < -0.3 is 10.2 Å². The van der Waals surface area contributed by atoms with E-state index >= 15 is 0 Å². The number of rotatable bonds is 5. The van der Waals surface area contributed by atoms with E-state index in [-0.39, 0.29) is 11.8 Å². The standard InChI is InChI=1S/C18H22N4O2S2/c1-13-6-8-14(9-7-13)19-16(24)17-20-21-18(26-17)25-12-15(23)22-10-4-2-3-5-11-22/h6-9H,2-5,10-12H2,1H3,(H,19,24). The quantitative estimate of drug-likeness (QED) is 0.790. The first-order valence-corrected chi connectivity index (χ1v) is 10.5. The zero-order valence-corrected chi connectivity index (χ0v) is 16.4. The lowest BCUT2D eigenvalue weighted by Crippen LogP contribution is -2.33. The topological polar surface area (TPSA) is 75.2 Å². The normalized spacial score (nSPS) is 14.7. The predicted molar refractivity (Wildman–Crippen MR) is 105 cm³/mol. The summed E-state index contributed by atoms with van der Waals surface area (Å²) < 4.78 is 0.641. The third kappa shape index (κ3) is 5.28. The van der Waals surface area contributed by atoms with Crippen molar-refractivity contribution in [2.45, 2.75) is 36.9 Å². The molecule has 138 valence electrons. The monoisotopic (exact) mass is 390 g/mol. The summed E-state index contributed by atoms with van der Waals surface area (Å²) in [5.41, 5.74) is 1.85. The molecule has 0 radical (unpaired) electrons. The molecule has 1 aromatic carbocycles. The Kier molecular flexibility index (Phi) is 6.62. The summed E-state index contributed by atoms with van der Waals surface area (Å²) in [5, 5.41) is 11.1. The SMILES string of the molecule is Cc1ccc(NC(=O)c2nnc(SCC(=O)N3CCCCCC3)s2)cc1. The fourth-order valence-corrected chi connectivity index (χ4v) is 4.37. The molecule has 2 aromatic rings. The van der Waals surface area contributed by atoms with Crippen LogP contribution in [0.4, 0.5) is 5.69 Å². The minimum Gasteiger partial charge on any atom is -0.342 e. The number of nitrogens with one attached hydrogen (secondary N) is 1. The van der Waals surface area contributed by atoms with E-state index < -0.39 is 0 Å². The summed E-state index contributed by atoms with van der Waals surface area (Å²) in [7, 11) is 0. The minimum atomic E-state index is -0.281. The van der Waals surface area contributed by atoms with E-state index in [9.17, 15) is 9.59 Å². The van der Waals surface area contributed by atoms with Crippen LogP contribution in [0.5, 0.6) is 0 Å². The van der Waals surface area contributed by atoms with Gasteiger partial charge in [0.05, 0.1) is 5.75 Å². The second-order valence-electron chi connectivity index (χ2n) is 6.28. The molecule has 1 fully saturated rings. The summed E-state index contributed by atoms with van der Waals surface area (Å²) >= 11 is 2.56. The van der Waals surface area contributed by atoms with Crippen LogP contribution in [0.25, 0.3) is 0 Å². The van der Waals surface area contributed by atoms with Crippen molar-refractivity contribution >= 4 is 40.6 Å². The summed E-state index contributed by atoms with van der Waals surface area (Å²) in [6.07, 6.45) is 4.57. The van der Waals surface area contributed by atoms with Crippen molar-refractivity contribution in [1.29, 1.82) is 0 Å². The molecule has 1 N–H and O–H groups in total. The number of carbonyl (C=O) groups excluding carboxylic acids is 2. The second kappa shape index (κ2) is 9.14. The summed E-state index contributed by atoms with van der Waals surface area (Å²) in [4.78, 5) is 26.5. The van der Waals surface area contributed by atoms with E-state index in [4.69, 9.17) is 0 Å². The van der Waals surface area contributed by atoms with Crippen molar-refractivity contribution in [2.75, 3.05) is 24.2 Å². The van der Waals surface area contributed by atoms with Crippen LogP contribution in [0.3, 0.4) is 0 Å². The molecule has 8 heteroatoms. The van der Waals surface area contributed by atoms with Gasteiger partial charge in [0.1, 0.15) is 0 Å². The Morgan fingerprint density at radius 1 is 1.12 bits per heavy atom. The maximum absolute atomic E-state index is 12.3. The molecule has 1 aliphatic heterocycles. The highest BCUT2D eigenvalue weighted by molar-refractivity contribution is 8.01. The highest BCUT2D eigenvalue weighted by atomic mass is 32.2. The van der Waals surface area contributed by atoms with Crippen LogP contribution in [0.15, 0.2) is 28.6 Å². The van der Waals surface area contributed by atoms with Gasteiger partial charge in [0, 0.05) is 18.8 Å². The molecule has 0 atom stereocenters. The first-order valence-electron chi connectivity index (χ1n) is 8.74. The molecule has 6 nitrogen and oxygen atoms in total. The molecule has 0 bridgehead atoms. The maximum atomic E-state index is 12.3. The van der Waals surface area contributed by atoms with E-state index in [2.05, 4.69) is 15.5 Å². The summed E-state index contributed by atoms with van der Waals surface area (Å²) in [6.45, 7) is 3.69. The van der Waals surface area contributed by atoms with Gasteiger partial charge in [-0.25, -0.2) is 0 Å². The third-order valence-electron chi connectivity index (χ3n) is 4.19. The molecule has 26 heavy (non-hydrogen) atoms. The largest absolute Gasteiger partial charge is 0.342 e. The fraction of sp³-hybridized carbons (Fsp3) is 0.444. The molecule has 3 rings (SSSR count). The molecule has 1 aromatic heterocycles. The first-order chi connectivity index (χ1) is 12.6. The molecule has 1 saturated heterocycles. The van der Waals surface area contributed by atoms with Gasteiger partial charge >= 0.3 is 0 Å². The molecule has 1 aliphatic rings. The van der Waals surface area contributed by atoms with Gasteiger partial charge in [0.2, 0.25) is 10.9 Å². The minimum absolute atomic E-state index is 0.137. The van der Waals surface area contributed by atoms with Crippen molar-refractivity contribution in [3.8, 4) is 0 Å². The average molecular weight is 391 g/mol. The van der Waals surface area contributed by atoms with E-state index in [0.717, 1.165) is 37.2 Å². The summed E-state index contributed by atoms with van der Waals surface area (Å²) in [5.74, 6) is 0.198. The number of aryl methyl sites for hydroxylation is 1. The highest BCUT2D eigenvalue weighted by Gasteiger charge is 2.18. The van der Waals surface area contributed by atoms with E-state index in [0.29, 0.717) is 15.1 Å². The first kappa shape index (κ1) is 18.8. The Morgan fingerprint density at radius 2 is 1.81 bits per heavy atom. The zero-order chi connectivity index (χ0) is 18.4. The van der Waals surface area contributed by atoms with Crippen molar-refractivity contribution < 1.29 is 9.59 Å². The Morgan fingerprint density at radius 3 is 2.50 bits per heavy atom. The van der Waals surface area contributed by atoms with E-state index in [1.165, 1.54) is 35.9 Å². The molecular formula is C18H22N4O2S2. The van der Waals surface area contributed by atoms with Crippen LogP contribution in [-0.2, 0) is 4.79 Å². The Labute approximate surface area is 161 Å². The number of likely N-dealkylation sites (tertiary alicyclic amines) is 1. The van der Waals surface area contributed by atoms with Crippen molar-refractivity contribution in [1.82, 2.24) is 15.1 Å². The van der Waals surface area contributed by atoms with Crippen LogP contribution in [0, 0.1) is 6.92 Å². The number of hydrogen-bond donors (Lipinski definition) is 1. The van der Waals surface area contributed by atoms with Gasteiger partial charge in [-0.05, 0) is 31.9 Å². The van der Waals surface area contributed by atoms with Crippen LogP contribution < -0.4 is 5.32 Å². The lowest BCUT2D eigenvalue weighted by Gasteiger charge is -2.19. The van der Waals surface area contributed by atoms with Gasteiger partial charge in [-0.15, -0.1) is 10.2 Å². The number of hydrogen-bond acceptors (Lipinski definition) is 6. The third-order valence-corrected chi connectivity index (χ3v) is 6.23. The fourth-order valence-electron chi connectivity index (χ4n) is 2.72. The number of aromatic nitrogens is 2. The molecule has 0 aliphatic carbocycles. The second-order valence-corrected chi connectivity index (χ2v) is 8.48. The molecule has 0 spiro atoms. The lowest BCUT2D eigenvalue weighted by molar-refractivity contribution is -0.128. The maximum Gasteiger partial charge on any atom is 0.286 e. The lowest BCUT2D eigenvalue weighted by atomic mass is 10.2. The van der Waals surface area contributed by atoms with Crippen LogP contribution in [0.2, 0.25) is 0 Å². The number of anilines is 1. The van der Waals surface area contributed by atoms with Crippen LogP contribution in [0.1, 0.15) is 41.0 Å². The number of nitrogens with zero attached hydrogens (tertiary/aromatic N) is 3. The molecule has 0 unspecified atom stereocenters. The van der Waals surface area contributed by atoms with Gasteiger partial charge in [0.25, 0.3) is 5.91 Å². The Hall–Kier alpha value is -1.93. The van der Waals surface area contributed by atoms with Crippen LogP contribution >= 0.6 is 23.1 Å². The number of thioether (sulfide) groups is 1. The van der Waals surface area contributed by atoms with Gasteiger partial charge in [-0.3, -0.25) is 9.59 Å². The molecule has 0 saturated carbocycles. The van der Waals surface area contributed by atoms with Gasteiger partial charge in [-0.1, -0.05) is 53.6 Å². The predicted octanol–water partition coefficient (Wildman–Crippen LogP) is 3.59. The number of carbonyl (C=O) groups is 2. The van der Waals surface area contributed by atoms with Crippen molar-refractivity contribution in [2.24, 2.45) is 0 Å². The molecule has 2 heterocycles. The zero-order valence-electron chi connectivity index (χ0n) is 14.7. The van der Waals surface area contributed by atoms with E-state index in [1.807, 2.05) is 36.1 Å². The smallest absolute Gasteiger partial charge is 0.286 e. The molecular weight excluding hydrogens is 368 g/mol. The van der Waals surface area contributed by atoms with Crippen LogP contribution in [-0.4, -0.2) is 45.8 Å². The average Bonchev–Trinajstić information content (AvgIpc) is 2.95. The highest BCUT2D eigenvalue weighted by Crippen LogP contribution is 2.24. The van der Waals surface area contributed by atoms with Crippen molar-refractivity contribution in [3.05, 3.63) is 34.8 Å². The van der Waals surface area contributed by atoms with Crippen molar-refractivity contribution in [3.63, 3.8) is 0 Å². The number of benzene rings is 1. The summed E-state index contributed by atoms with van der Waals surface area (Å²) in [6, 6.07) is 7.57. The van der Waals surface area contributed by atoms with Gasteiger partial charge in [-0.2, -0.15) is 0 Å². The Balaban J connectivity index is 1.51. The molecule has 2 amide bonds. The Bertz CT molecular complexity index is 753. The van der Waals surface area contributed by atoms with Gasteiger partial charge in [0.15, 0.2) is 4.34 Å². The van der Waals surface area contributed by atoms with E-state index in [1.54, 1.807) is 0 Å². The number of amides is 2.